The van der Waals surface area contributed by atoms with Crippen LogP contribution < -0.4 is 0 Å². The molecule has 0 aromatic rings. The Morgan fingerprint density at radius 1 is 1.20 bits per heavy atom. The van der Waals surface area contributed by atoms with Gasteiger partial charge in [-0.05, 0) is 0 Å². The minimum atomic E-state index is -1.14. The van der Waals surface area contributed by atoms with Crippen LogP contribution in [-0.4, -0.2) is 37.7 Å². The van der Waals surface area contributed by atoms with Gasteiger partial charge in [0.25, 0.3) is 0 Å². The Balaban J connectivity index is 1.91. The summed E-state index contributed by atoms with van der Waals surface area (Å²) < 4.78 is 7.00. The van der Waals surface area contributed by atoms with E-state index in [1.807, 2.05) is 0 Å². The molecule has 0 bridgehead atoms. The van der Waals surface area contributed by atoms with E-state index in [4.69, 9.17) is 0 Å². The van der Waals surface area contributed by atoms with Gasteiger partial charge in [-0.3, -0.25) is 0 Å². The van der Waals surface area contributed by atoms with Crippen LogP contribution >= 0.6 is 0 Å². The van der Waals surface area contributed by atoms with Gasteiger partial charge in [0.15, 0.2) is 0 Å². The number of hydrogen-bond donors (Lipinski definition) is 0. The monoisotopic (exact) mass is 239 g/mol. The Morgan fingerprint density at radius 2 is 2.00 bits per heavy atom. The first-order valence-electron chi connectivity index (χ1n) is 4.37. The Labute approximate surface area is 71.0 Å². The van der Waals surface area contributed by atoms with Crippen LogP contribution in [0.15, 0.2) is 9.91 Å². The Morgan fingerprint density at radius 3 is 2.60 bits per heavy atom. The number of rotatable bonds is 1. The molecule has 0 unspecified atom stereocenters. The van der Waals surface area contributed by atoms with Crippen LogP contribution in [0.5, 0.6) is 0 Å². The van der Waals surface area contributed by atoms with Crippen molar-refractivity contribution in [2.45, 2.75) is 23.4 Å². The van der Waals surface area contributed by atoms with Crippen LogP contribution in [0.1, 0.15) is 19.3 Å². The number of nitrogens with zero attached hydrogens (tertiary/aromatic N) is 1. The van der Waals surface area contributed by atoms with Crippen molar-refractivity contribution in [3.8, 4) is 0 Å². The Bertz CT molecular complexity index is 138. The third-order valence-electron chi connectivity index (χ3n) is 2.60. The predicted molar refractivity (Wildman–Crippen MR) is 45.1 cm³/mol. The van der Waals surface area contributed by atoms with Crippen molar-refractivity contribution in [1.82, 2.24) is 2.89 Å². The average molecular weight is 239 g/mol. The molecule has 0 atom stereocenters. The Kier molecular flexibility index (Phi) is 2.39. The van der Waals surface area contributed by atoms with Crippen LogP contribution in [0, 0.1) is 0 Å². The van der Waals surface area contributed by atoms with E-state index in [-0.39, 0.29) is 0 Å². The first-order valence-corrected chi connectivity index (χ1v) is 10.1. The molecular weight excluding hydrogens is 225 g/mol. The van der Waals surface area contributed by atoms with Gasteiger partial charge < -0.3 is 0 Å². The Hall–Kier alpha value is 0.570. The summed E-state index contributed by atoms with van der Waals surface area (Å²) in [7, 11) is 0. The molecule has 1 fully saturated rings. The summed E-state index contributed by atoms with van der Waals surface area (Å²) >= 11 is -1.14. The summed E-state index contributed by atoms with van der Waals surface area (Å²) in [6.45, 7) is 2.87. The molecule has 0 saturated carbocycles. The van der Waals surface area contributed by atoms with Crippen LogP contribution in [0.2, 0.25) is 4.18 Å². The van der Waals surface area contributed by atoms with Gasteiger partial charge in [-0.2, -0.15) is 0 Å². The molecule has 10 heavy (non-hydrogen) atoms. The quantitative estimate of drug-likeness (QED) is 0.671. The fourth-order valence-electron chi connectivity index (χ4n) is 1.99. The second-order valence-electron chi connectivity index (χ2n) is 3.32. The van der Waals surface area contributed by atoms with Crippen molar-refractivity contribution < 1.29 is 0 Å². The molecule has 1 saturated heterocycles. The molecule has 0 aliphatic carbocycles. The van der Waals surface area contributed by atoms with E-state index in [9.17, 15) is 0 Å². The normalized spacial score (nSPS) is 26.6. The summed E-state index contributed by atoms with van der Waals surface area (Å²) in [5, 5.41) is 0. The van der Waals surface area contributed by atoms with Crippen molar-refractivity contribution >= 4 is 21.7 Å². The van der Waals surface area contributed by atoms with E-state index in [2.05, 4.69) is 12.8 Å². The zero-order valence-electron chi connectivity index (χ0n) is 6.42. The van der Waals surface area contributed by atoms with Crippen LogP contribution in [0.3, 0.4) is 0 Å². The van der Waals surface area contributed by atoms with E-state index >= 15 is 0 Å². The van der Waals surface area contributed by atoms with E-state index in [0.717, 1.165) is 0 Å². The maximum absolute atomic E-state index is 2.82. The molecule has 2 aliphatic rings. The fraction of sp³-hybridized carbons (Fsp3) is 0.750. The van der Waals surface area contributed by atoms with Gasteiger partial charge in [0.05, 0.1) is 0 Å². The molecule has 0 spiro atoms. The van der Waals surface area contributed by atoms with Crippen molar-refractivity contribution in [3.63, 3.8) is 0 Å². The van der Waals surface area contributed by atoms with E-state index in [1.54, 1.807) is 4.18 Å². The molecule has 2 heteroatoms. The van der Waals surface area contributed by atoms with Gasteiger partial charge in [-0.15, -0.1) is 0 Å². The van der Waals surface area contributed by atoms with Crippen molar-refractivity contribution in [3.05, 3.63) is 9.91 Å². The second-order valence-corrected chi connectivity index (χ2v) is 11.4. The SMILES string of the molecule is C1=[CH][In]([N]2CCCC2)[CH2]C1. The third-order valence-corrected chi connectivity index (χ3v) is 11.4. The molecule has 2 heterocycles. The van der Waals surface area contributed by atoms with E-state index < -0.39 is 21.7 Å². The van der Waals surface area contributed by atoms with E-state index in [1.165, 1.54) is 32.4 Å². The molecule has 2 rings (SSSR count). The van der Waals surface area contributed by atoms with Crippen LogP contribution in [0.25, 0.3) is 0 Å². The topological polar surface area (TPSA) is 3.24 Å². The van der Waals surface area contributed by atoms with Gasteiger partial charge >= 0.3 is 71.1 Å². The summed E-state index contributed by atoms with van der Waals surface area (Å²) in [4.78, 5) is 0. The molecule has 54 valence electrons. The molecule has 2 aliphatic heterocycles. The second kappa shape index (κ2) is 3.31. The molecular formula is C8H14InN. The van der Waals surface area contributed by atoms with E-state index in [0.29, 0.717) is 0 Å². The molecule has 0 aromatic heterocycles. The zero-order chi connectivity index (χ0) is 6.81. The van der Waals surface area contributed by atoms with Crippen molar-refractivity contribution in [2.75, 3.05) is 13.1 Å². The molecule has 0 aromatic carbocycles. The summed E-state index contributed by atoms with van der Waals surface area (Å²) in [6.07, 6.45) is 6.76. The van der Waals surface area contributed by atoms with Gasteiger partial charge in [-0.1, -0.05) is 0 Å². The van der Waals surface area contributed by atoms with Crippen molar-refractivity contribution in [2.24, 2.45) is 0 Å². The first kappa shape index (κ1) is 7.23. The molecule has 1 nitrogen and oxygen atoms in total. The maximum atomic E-state index is 2.82. The van der Waals surface area contributed by atoms with Gasteiger partial charge in [-0.25, -0.2) is 0 Å². The van der Waals surface area contributed by atoms with Crippen LogP contribution in [-0.2, 0) is 0 Å². The third kappa shape index (κ3) is 1.42. The predicted octanol–water partition coefficient (Wildman–Crippen LogP) is 1.57. The molecule has 0 amide bonds. The molecule has 0 N–H and O–H groups in total. The van der Waals surface area contributed by atoms with Gasteiger partial charge in [0.1, 0.15) is 0 Å². The zero-order valence-corrected chi connectivity index (χ0v) is 9.72. The summed E-state index contributed by atoms with van der Waals surface area (Å²) in [5.74, 6) is 0. The molecule has 0 radical (unpaired) electrons. The first-order chi connectivity index (χ1) is 4.97. The fourth-order valence-corrected chi connectivity index (χ4v) is 10.2. The van der Waals surface area contributed by atoms with Gasteiger partial charge in [0.2, 0.25) is 0 Å². The number of allylic oxidation sites excluding steroid dienone is 1. The number of hydrogen-bond acceptors (Lipinski definition) is 1. The minimum absolute atomic E-state index is 1.14. The van der Waals surface area contributed by atoms with Gasteiger partial charge in [0, 0.05) is 0 Å². The average Bonchev–Trinajstić information content (AvgIpc) is 2.59. The van der Waals surface area contributed by atoms with Crippen molar-refractivity contribution in [1.29, 1.82) is 0 Å². The van der Waals surface area contributed by atoms with Crippen LogP contribution in [0.4, 0.5) is 0 Å². The standard InChI is InChI=1S/C4H8N.C4H6.In/c1-2-4-5-3-1;1-3-4-2;/h1-4H2;1,3H,2,4H2;/q-1;;+1. The summed E-state index contributed by atoms with van der Waals surface area (Å²) in [5.41, 5.74) is 0. The summed E-state index contributed by atoms with van der Waals surface area (Å²) in [6, 6.07) is 0.